The van der Waals surface area contributed by atoms with Crippen LogP contribution in [0, 0.1) is 0 Å². The predicted octanol–water partition coefficient (Wildman–Crippen LogP) is 0.122. The first-order valence-corrected chi connectivity index (χ1v) is 12.4. The molecule has 0 radical (unpaired) electrons. The molecule has 1 aromatic rings. The molecule has 4 rings (SSSR count). The van der Waals surface area contributed by atoms with Crippen molar-refractivity contribution in [2.75, 3.05) is 25.4 Å². The van der Waals surface area contributed by atoms with Crippen molar-refractivity contribution in [3.8, 4) is 0 Å². The van der Waals surface area contributed by atoms with E-state index in [1.54, 1.807) is 34.1 Å². The van der Waals surface area contributed by atoms with Gasteiger partial charge in [-0.05, 0) is 25.0 Å². The SMILES string of the molecule is C=CCOC1CC2C(=O)N3CCC(NC(=O)CS(=O)(=O)c4ccccc4)CC3C(=O)N2C1. The lowest BCUT2D eigenvalue weighted by Crippen LogP contribution is -2.66. The topological polar surface area (TPSA) is 113 Å². The van der Waals surface area contributed by atoms with Crippen LogP contribution in [0.25, 0.3) is 0 Å². The number of sulfone groups is 1. The molecule has 0 aromatic heterocycles. The van der Waals surface area contributed by atoms with E-state index < -0.39 is 33.6 Å². The summed E-state index contributed by atoms with van der Waals surface area (Å²) in [6, 6.07) is 6.28. The van der Waals surface area contributed by atoms with Crippen LogP contribution < -0.4 is 5.32 Å². The van der Waals surface area contributed by atoms with Gasteiger partial charge in [0.15, 0.2) is 9.84 Å². The lowest BCUT2D eigenvalue weighted by molar-refractivity contribution is -0.162. The zero-order chi connectivity index (χ0) is 22.9. The van der Waals surface area contributed by atoms with E-state index in [1.165, 1.54) is 12.1 Å². The molecule has 32 heavy (non-hydrogen) atoms. The second kappa shape index (κ2) is 9.03. The average molecular weight is 462 g/mol. The maximum Gasteiger partial charge on any atom is 0.246 e. The summed E-state index contributed by atoms with van der Waals surface area (Å²) in [7, 11) is -3.75. The van der Waals surface area contributed by atoms with Gasteiger partial charge in [-0.25, -0.2) is 8.42 Å². The molecule has 9 nitrogen and oxygen atoms in total. The molecule has 172 valence electrons. The van der Waals surface area contributed by atoms with Crippen LogP contribution in [-0.4, -0.2) is 85.6 Å². The standard InChI is InChI=1S/C22H27N3O6S/c1-2-10-31-16-12-19-21(27)24-9-8-15(11-18(24)22(28)25(19)13-16)23-20(26)14-32(29,30)17-6-4-3-5-7-17/h2-7,15-16,18-19H,1,8-14H2,(H,23,26). The van der Waals surface area contributed by atoms with Crippen LogP contribution >= 0.6 is 0 Å². The minimum Gasteiger partial charge on any atom is -0.372 e. The number of nitrogens with zero attached hydrogens (tertiary/aromatic N) is 2. The van der Waals surface area contributed by atoms with E-state index >= 15 is 0 Å². The zero-order valence-electron chi connectivity index (χ0n) is 17.7. The molecule has 10 heteroatoms. The number of piperidine rings is 1. The van der Waals surface area contributed by atoms with Crippen molar-refractivity contribution < 1.29 is 27.5 Å². The molecule has 3 aliphatic rings. The molecule has 1 aromatic carbocycles. The number of piperazine rings is 1. The van der Waals surface area contributed by atoms with Crippen molar-refractivity contribution >= 4 is 27.6 Å². The zero-order valence-corrected chi connectivity index (χ0v) is 18.5. The second-order valence-electron chi connectivity index (χ2n) is 8.39. The fraction of sp³-hybridized carbons (Fsp3) is 0.500. The van der Waals surface area contributed by atoms with Gasteiger partial charge in [-0.1, -0.05) is 24.3 Å². The summed E-state index contributed by atoms with van der Waals surface area (Å²) in [5.74, 6) is -1.50. The lowest BCUT2D eigenvalue weighted by atomic mass is 9.92. The van der Waals surface area contributed by atoms with Gasteiger partial charge in [0.05, 0.1) is 17.6 Å². The van der Waals surface area contributed by atoms with E-state index in [2.05, 4.69) is 11.9 Å². The van der Waals surface area contributed by atoms with Crippen molar-refractivity contribution in [2.24, 2.45) is 0 Å². The van der Waals surface area contributed by atoms with Gasteiger partial charge in [-0.15, -0.1) is 6.58 Å². The summed E-state index contributed by atoms with van der Waals surface area (Å²) in [6.07, 6.45) is 2.64. The summed E-state index contributed by atoms with van der Waals surface area (Å²) < 4.78 is 30.5. The van der Waals surface area contributed by atoms with E-state index in [0.29, 0.717) is 32.5 Å². The number of carbonyl (C=O) groups excluding carboxylic acids is 3. The molecule has 0 bridgehead atoms. The van der Waals surface area contributed by atoms with Gasteiger partial charge in [-0.2, -0.15) is 0 Å². The molecule has 4 unspecified atom stereocenters. The van der Waals surface area contributed by atoms with Gasteiger partial charge >= 0.3 is 0 Å². The minimum absolute atomic E-state index is 0.0873. The van der Waals surface area contributed by atoms with E-state index in [9.17, 15) is 22.8 Å². The highest BCUT2D eigenvalue weighted by Crippen LogP contribution is 2.32. The van der Waals surface area contributed by atoms with Crippen LogP contribution in [0.15, 0.2) is 47.9 Å². The number of amides is 3. The predicted molar refractivity (Wildman–Crippen MR) is 115 cm³/mol. The third-order valence-corrected chi connectivity index (χ3v) is 7.87. The van der Waals surface area contributed by atoms with Crippen LogP contribution in [0.1, 0.15) is 19.3 Å². The normalized spacial score (nSPS) is 27.6. The molecule has 1 N–H and O–H groups in total. The third-order valence-electron chi connectivity index (χ3n) is 6.24. The molecule has 3 saturated heterocycles. The molecule has 4 atom stereocenters. The molecule has 0 spiro atoms. The fourth-order valence-corrected chi connectivity index (χ4v) is 5.90. The monoisotopic (exact) mass is 461 g/mol. The second-order valence-corrected chi connectivity index (χ2v) is 10.4. The highest BCUT2D eigenvalue weighted by molar-refractivity contribution is 7.92. The van der Waals surface area contributed by atoms with E-state index in [1.807, 2.05) is 0 Å². The van der Waals surface area contributed by atoms with Gasteiger partial charge in [0.2, 0.25) is 17.7 Å². The Balaban J connectivity index is 1.38. The number of fused-ring (bicyclic) bond motifs is 2. The Morgan fingerprint density at radius 1 is 1.12 bits per heavy atom. The van der Waals surface area contributed by atoms with Crippen molar-refractivity contribution in [3.05, 3.63) is 43.0 Å². The largest absolute Gasteiger partial charge is 0.372 e. The molecule has 3 aliphatic heterocycles. The van der Waals surface area contributed by atoms with Gasteiger partial charge in [0.25, 0.3) is 0 Å². The molecule has 3 heterocycles. The van der Waals surface area contributed by atoms with Crippen molar-refractivity contribution in [1.29, 1.82) is 0 Å². The first-order chi connectivity index (χ1) is 15.3. The Kier molecular flexibility index (Phi) is 6.34. The quantitative estimate of drug-likeness (QED) is 0.577. The number of carbonyl (C=O) groups is 3. The molecule has 3 amide bonds. The Hall–Kier alpha value is -2.72. The van der Waals surface area contributed by atoms with Crippen molar-refractivity contribution in [1.82, 2.24) is 15.1 Å². The van der Waals surface area contributed by atoms with E-state index in [-0.39, 0.29) is 35.3 Å². The lowest BCUT2D eigenvalue weighted by Gasteiger charge is -2.46. The first-order valence-electron chi connectivity index (χ1n) is 10.7. The van der Waals surface area contributed by atoms with E-state index in [0.717, 1.165) is 0 Å². The average Bonchev–Trinajstić information content (AvgIpc) is 3.21. The number of hydrogen-bond donors (Lipinski definition) is 1. The van der Waals surface area contributed by atoms with Crippen molar-refractivity contribution in [3.63, 3.8) is 0 Å². The minimum atomic E-state index is -3.75. The van der Waals surface area contributed by atoms with Crippen LogP contribution in [0.3, 0.4) is 0 Å². The Morgan fingerprint density at radius 2 is 1.81 bits per heavy atom. The van der Waals surface area contributed by atoms with Crippen molar-refractivity contribution in [2.45, 2.75) is 48.4 Å². The fourth-order valence-electron chi connectivity index (χ4n) is 4.73. The summed E-state index contributed by atoms with van der Waals surface area (Å²) in [4.78, 5) is 41.8. The maximum absolute atomic E-state index is 13.1. The Bertz CT molecular complexity index is 1010. The van der Waals surface area contributed by atoms with Crippen LogP contribution in [-0.2, 0) is 29.0 Å². The van der Waals surface area contributed by atoms with Crippen LogP contribution in [0.4, 0.5) is 0 Å². The number of rotatable bonds is 7. The summed E-state index contributed by atoms with van der Waals surface area (Å²) in [6.45, 7) is 4.68. The number of nitrogens with one attached hydrogen (secondary N) is 1. The molecular formula is C22H27N3O6S. The Labute approximate surface area is 187 Å². The number of hydrogen-bond acceptors (Lipinski definition) is 6. The van der Waals surface area contributed by atoms with Gasteiger partial charge in [0, 0.05) is 25.6 Å². The first kappa shape index (κ1) is 22.5. The van der Waals surface area contributed by atoms with Crippen LogP contribution in [0.2, 0.25) is 0 Å². The number of benzene rings is 1. The Morgan fingerprint density at radius 3 is 2.53 bits per heavy atom. The summed E-state index contributed by atoms with van der Waals surface area (Å²) in [5, 5.41) is 2.75. The molecule has 0 aliphatic carbocycles. The summed E-state index contributed by atoms with van der Waals surface area (Å²) >= 11 is 0. The molecular weight excluding hydrogens is 434 g/mol. The van der Waals surface area contributed by atoms with Gasteiger partial charge in [-0.3, -0.25) is 14.4 Å². The molecule has 0 saturated carbocycles. The highest BCUT2D eigenvalue weighted by Gasteiger charge is 2.52. The molecule has 3 fully saturated rings. The maximum atomic E-state index is 13.1. The number of ether oxygens (including phenoxy) is 1. The van der Waals surface area contributed by atoms with Gasteiger partial charge < -0.3 is 19.9 Å². The van der Waals surface area contributed by atoms with Gasteiger partial charge in [0.1, 0.15) is 17.8 Å². The van der Waals surface area contributed by atoms with E-state index in [4.69, 9.17) is 4.74 Å². The highest BCUT2D eigenvalue weighted by atomic mass is 32.2. The smallest absolute Gasteiger partial charge is 0.246 e. The third kappa shape index (κ3) is 4.42. The van der Waals surface area contributed by atoms with Crippen LogP contribution in [0.5, 0.6) is 0 Å². The summed E-state index contributed by atoms with van der Waals surface area (Å²) in [5.41, 5.74) is 0.